The highest BCUT2D eigenvalue weighted by Crippen LogP contribution is 2.17. The molecule has 1 fully saturated rings. The quantitative estimate of drug-likeness (QED) is 0.397. The number of hydrogen-bond donors (Lipinski definition) is 0. The maximum absolute atomic E-state index is 10.8. The fourth-order valence-corrected chi connectivity index (χ4v) is 2.00. The lowest BCUT2D eigenvalue weighted by Crippen LogP contribution is -2.16. The van der Waals surface area contributed by atoms with Gasteiger partial charge in [-0.25, -0.2) is 0 Å². The van der Waals surface area contributed by atoms with Crippen molar-refractivity contribution in [2.45, 2.75) is 51.4 Å². The van der Waals surface area contributed by atoms with Crippen LogP contribution in [-0.2, 0) is 9.53 Å². The molecule has 14 heavy (non-hydrogen) atoms. The molecule has 0 aliphatic carbocycles. The Morgan fingerprint density at radius 3 is 2.71 bits per heavy atom. The smallest absolute Gasteiger partial charge is 0.306 e. The van der Waals surface area contributed by atoms with Crippen LogP contribution in [0.5, 0.6) is 0 Å². The highest BCUT2D eigenvalue weighted by molar-refractivity contribution is 6.83. The van der Waals surface area contributed by atoms with Crippen molar-refractivity contribution in [2.24, 2.45) is 0 Å². The minimum Gasteiger partial charge on any atom is -0.462 e. The SMILES string of the molecule is C[Si](C)(C)C#CCCC1CCC(=O)O1. The fourth-order valence-electron chi connectivity index (χ4n) is 1.35. The molecule has 0 N–H and O–H groups in total. The molecule has 1 heterocycles. The lowest BCUT2D eigenvalue weighted by Gasteiger charge is -2.06. The van der Waals surface area contributed by atoms with Crippen molar-refractivity contribution < 1.29 is 9.53 Å². The number of cyclic esters (lactones) is 1. The Bertz CT molecular complexity index is 267. The van der Waals surface area contributed by atoms with E-state index in [-0.39, 0.29) is 12.1 Å². The van der Waals surface area contributed by atoms with E-state index >= 15 is 0 Å². The van der Waals surface area contributed by atoms with Crippen molar-refractivity contribution in [1.29, 1.82) is 0 Å². The summed E-state index contributed by atoms with van der Waals surface area (Å²) >= 11 is 0. The molecular formula is C11H18O2Si. The molecule has 0 radical (unpaired) electrons. The highest BCUT2D eigenvalue weighted by atomic mass is 28.3. The molecule has 1 aliphatic rings. The van der Waals surface area contributed by atoms with Gasteiger partial charge in [-0.1, -0.05) is 19.6 Å². The maximum atomic E-state index is 10.8. The van der Waals surface area contributed by atoms with Crippen LogP contribution in [0.25, 0.3) is 0 Å². The first kappa shape index (κ1) is 11.3. The van der Waals surface area contributed by atoms with Crippen molar-refractivity contribution in [2.75, 3.05) is 0 Å². The first-order chi connectivity index (χ1) is 6.47. The minimum atomic E-state index is -1.22. The van der Waals surface area contributed by atoms with Crippen molar-refractivity contribution in [3.05, 3.63) is 0 Å². The van der Waals surface area contributed by atoms with Gasteiger partial charge in [0.25, 0.3) is 0 Å². The molecule has 1 unspecified atom stereocenters. The Morgan fingerprint density at radius 1 is 1.50 bits per heavy atom. The van der Waals surface area contributed by atoms with Crippen molar-refractivity contribution >= 4 is 14.0 Å². The molecule has 1 aliphatic heterocycles. The lowest BCUT2D eigenvalue weighted by molar-refractivity contribution is -0.141. The number of carbonyl (C=O) groups is 1. The topological polar surface area (TPSA) is 26.3 Å². The van der Waals surface area contributed by atoms with E-state index in [4.69, 9.17) is 4.74 Å². The predicted octanol–water partition coefficient (Wildman–Crippen LogP) is 2.35. The summed E-state index contributed by atoms with van der Waals surface area (Å²) in [5.74, 6) is 3.14. The Labute approximate surface area is 87.0 Å². The van der Waals surface area contributed by atoms with Gasteiger partial charge >= 0.3 is 5.97 Å². The van der Waals surface area contributed by atoms with Gasteiger partial charge in [-0.15, -0.1) is 11.5 Å². The summed E-state index contributed by atoms with van der Waals surface area (Å²) in [5.41, 5.74) is 3.31. The summed E-state index contributed by atoms with van der Waals surface area (Å²) in [6, 6.07) is 0. The van der Waals surface area contributed by atoms with Crippen LogP contribution in [0.4, 0.5) is 0 Å². The summed E-state index contributed by atoms with van der Waals surface area (Å²) in [4.78, 5) is 10.8. The third-order valence-corrected chi connectivity index (χ3v) is 2.95. The summed E-state index contributed by atoms with van der Waals surface area (Å²) in [6.45, 7) is 6.70. The van der Waals surface area contributed by atoms with Crippen LogP contribution >= 0.6 is 0 Å². The Morgan fingerprint density at radius 2 is 2.21 bits per heavy atom. The first-order valence-corrected chi connectivity index (χ1v) is 8.67. The molecular weight excluding hydrogens is 192 g/mol. The van der Waals surface area contributed by atoms with Crippen LogP contribution in [0.1, 0.15) is 25.7 Å². The molecule has 2 nitrogen and oxygen atoms in total. The van der Waals surface area contributed by atoms with E-state index in [1.807, 2.05) is 0 Å². The summed E-state index contributed by atoms with van der Waals surface area (Å²) in [6.07, 6.45) is 3.38. The van der Waals surface area contributed by atoms with Crippen LogP contribution < -0.4 is 0 Å². The first-order valence-electron chi connectivity index (χ1n) is 5.17. The van der Waals surface area contributed by atoms with Gasteiger partial charge in [-0.3, -0.25) is 4.79 Å². The summed E-state index contributed by atoms with van der Waals surface area (Å²) in [7, 11) is -1.22. The van der Waals surface area contributed by atoms with E-state index in [2.05, 4.69) is 31.1 Å². The molecule has 0 amide bonds. The standard InChI is InChI=1S/C11H18O2Si/c1-14(2,3)9-5-4-6-10-7-8-11(12)13-10/h10H,4,6-8H2,1-3H3. The minimum absolute atomic E-state index is 0.0480. The van der Waals surface area contributed by atoms with E-state index in [0.29, 0.717) is 6.42 Å². The van der Waals surface area contributed by atoms with Gasteiger partial charge in [0.2, 0.25) is 0 Å². The van der Waals surface area contributed by atoms with Gasteiger partial charge in [0.05, 0.1) is 0 Å². The second-order valence-electron chi connectivity index (χ2n) is 4.74. The zero-order chi connectivity index (χ0) is 10.6. The van der Waals surface area contributed by atoms with E-state index in [9.17, 15) is 4.79 Å². The van der Waals surface area contributed by atoms with E-state index < -0.39 is 8.07 Å². The second kappa shape index (κ2) is 4.65. The molecule has 0 saturated carbocycles. The van der Waals surface area contributed by atoms with Crippen molar-refractivity contribution in [1.82, 2.24) is 0 Å². The molecule has 1 atom stereocenters. The van der Waals surface area contributed by atoms with Gasteiger partial charge in [0.15, 0.2) is 0 Å². The molecule has 0 aromatic carbocycles. The van der Waals surface area contributed by atoms with Crippen LogP contribution in [0, 0.1) is 11.5 Å². The molecule has 1 rings (SSSR count). The predicted molar refractivity (Wildman–Crippen MR) is 59.5 cm³/mol. The second-order valence-corrected chi connectivity index (χ2v) is 9.49. The number of esters is 1. The zero-order valence-electron chi connectivity index (χ0n) is 9.22. The van der Waals surface area contributed by atoms with Crippen molar-refractivity contribution in [3.63, 3.8) is 0 Å². The third-order valence-electron chi connectivity index (χ3n) is 2.02. The average Bonchev–Trinajstić information content (AvgIpc) is 2.44. The van der Waals surface area contributed by atoms with Gasteiger partial charge in [-0.2, -0.15) is 0 Å². The molecule has 0 aromatic rings. The highest BCUT2D eigenvalue weighted by Gasteiger charge is 2.22. The van der Waals surface area contributed by atoms with Gasteiger partial charge in [-0.05, 0) is 12.8 Å². The monoisotopic (exact) mass is 210 g/mol. The third kappa shape index (κ3) is 4.47. The molecule has 3 heteroatoms. The molecule has 1 saturated heterocycles. The van der Waals surface area contributed by atoms with E-state index in [0.717, 1.165) is 19.3 Å². The van der Waals surface area contributed by atoms with Crippen LogP contribution in [0.2, 0.25) is 19.6 Å². The van der Waals surface area contributed by atoms with Gasteiger partial charge in [0.1, 0.15) is 14.2 Å². The molecule has 0 bridgehead atoms. The lowest BCUT2D eigenvalue weighted by atomic mass is 10.1. The number of carbonyl (C=O) groups excluding carboxylic acids is 1. The van der Waals surface area contributed by atoms with Crippen LogP contribution in [-0.4, -0.2) is 20.1 Å². The Kier molecular flexibility index (Phi) is 3.76. The Balaban J connectivity index is 2.21. The van der Waals surface area contributed by atoms with Gasteiger partial charge in [0, 0.05) is 12.8 Å². The van der Waals surface area contributed by atoms with Crippen molar-refractivity contribution in [3.8, 4) is 11.5 Å². The number of ether oxygens (including phenoxy) is 1. The maximum Gasteiger partial charge on any atom is 0.306 e. The summed E-state index contributed by atoms with van der Waals surface area (Å²) < 4.78 is 5.10. The van der Waals surface area contributed by atoms with E-state index in [1.54, 1.807) is 0 Å². The largest absolute Gasteiger partial charge is 0.462 e. The molecule has 0 spiro atoms. The van der Waals surface area contributed by atoms with Gasteiger partial charge < -0.3 is 4.74 Å². The fraction of sp³-hybridized carbons (Fsp3) is 0.727. The molecule has 0 aromatic heterocycles. The number of hydrogen-bond acceptors (Lipinski definition) is 2. The summed E-state index contributed by atoms with van der Waals surface area (Å²) in [5, 5.41) is 0. The number of rotatable bonds is 2. The normalized spacial score (nSPS) is 21.4. The molecule has 78 valence electrons. The van der Waals surface area contributed by atoms with E-state index in [1.165, 1.54) is 0 Å². The van der Waals surface area contributed by atoms with Crippen LogP contribution in [0.3, 0.4) is 0 Å². The van der Waals surface area contributed by atoms with Crippen LogP contribution in [0.15, 0.2) is 0 Å². The Hall–Kier alpha value is -0.753. The zero-order valence-corrected chi connectivity index (χ0v) is 10.2. The average molecular weight is 210 g/mol.